The minimum atomic E-state index is -0.799. The minimum Gasteiger partial charge on any atom is -0.489 e. The molecule has 2 aromatic carbocycles. The molecule has 0 unspecified atom stereocenters. The Balaban J connectivity index is 1.37. The number of hydrogen-bond acceptors (Lipinski definition) is 5. The maximum absolute atomic E-state index is 13.1. The van der Waals surface area contributed by atoms with Gasteiger partial charge in [-0.25, -0.2) is 4.79 Å². The first-order valence-corrected chi connectivity index (χ1v) is 11.0. The smallest absolute Gasteiger partial charge is 0.327 e. The number of nitrogens with one attached hydrogen (secondary N) is 1. The van der Waals surface area contributed by atoms with Crippen LogP contribution in [0.4, 0.5) is 10.5 Å². The summed E-state index contributed by atoms with van der Waals surface area (Å²) in [6, 6.07) is 15.7. The van der Waals surface area contributed by atoms with Gasteiger partial charge in [0.1, 0.15) is 24.4 Å². The average Bonchev–Trinajstić information content (AvgIpc) is 3.00. The third kappa shape index (κ3) is 4.53. The zero-order chi connectivity index (χ0) is 23.4. The summed E-state index contributed by atoms with van der Waals surface area (Å²) in [4.78, 5) is 41.0. The van der Waals surface area contributed by atoms with Crippen molar-refractivity contribution in [3.8, 4) is 11.8 Å². The monoisotopic (exact) mass is 446 g/mol. The first-order valence-electron chi connectivity index (χ1n) is 11.0. The Morgan fingerprint density at radius 1 is 1.12 bits per heavy atom. The molecule has 1 heterocycles. The van der Waals surface area contributed by atoms with Gasteiger partial charge in [-0.05, 0) is 42.7 Å². The number of ether oxygens (including phenoxy) is 1. The third-order valence-corrected chi connectivity index (χ3v) is 6.36. The van der Waals surface area contributed by atoms with Crippen molar-refractivity contribution in [2.45, 2.75) is 44.2 Å². The van der Waals surface area contributed by atoms with Crippen LogP contribution < -0.4 is 10.1 Å². The van der Waals surface area contributed by atoms with E-state index in [9.17, 15) is 14.4 Å². The van der Waals surface area contributed by atoms with Crippen molar-refractivity contribution in [1.29, 1.82) is 5.26 Å². The van der Waals surface area contributed by atoms with Gasteiger partial charge in [-0.3, -0.25) is 14.5 Å². The molecule has 2 aromatic rings. The fourth-order valence-corrected chi connectivity index (χ4v) is 4.58. The van der Waals surface area contributed by atoms with Crippen molar-refractivity contribution in [2.24, 2.45) is 0 Å². The van der Waals surface area contributed by atoms with Crippen LogP contribution in [0.5, 0.6) is 5.75 Å². The number of nitriles is 1. The molecule has 8 nitrogen and oxygen atoms in total. The summed E-state index contributed by atoms with van der Waals surface area (Å²) in [5, 5.41) is 11.8. The second kappa shape index (κ2) is 9.33. The molecule has 0 radical (unpaired) electrons. The maximum atomic E-state index is 13.1. The van der Waals surface area contributed by atoms with E-state index in [2.05, 4.69) is 11.4 Å². The fraction of sp³-hybridized carbons (Fsp3) is 0.360. The van der Waals surface area contributed by atoms with E-state index in [4.69, 9.17) is 10.00 Å². The topological polar surface area (TPSA) is 103 Å². The predicted molar refractivity (Wildman–Crippen MR) is 121 cm³/mol. The number of imide groups is 1. The molecular weight excluding hydrogens is 420 g/mol. The number of benzene rings is 2. The van der Waals surface area contributed by atoms with Crippen LogP contribution in [0.15, 0.2) is 48.5 Å². The summed E-state index contributed by atoms with van der Waals surface area (Å²) in [6.07, 6.45) is 4.14. The summed E-state index contributed by atoms with van der Waals surface area (Å²) >= 11 is 0. The lowest BCUT2D eigenvalue weighted by Gasteiger charge is -2.35. The van der Waals surface area contributed by atoms with E-state index in [1.807, 2.05) is 6.07 Å². The van der Waals surface area contributed by atoms with Crippen LogP contribution in [-0.2, 0) is 16.2 Å². The summed E-state index contributed by atoms with van der Waals surface area (Å²) in [5.74, 6) is -0.178. The van der Waals surface area contributed by atoms with Gasteiger partial charge in [-0.1, -0.05) is 37.5 Å². The van der Waals surface area contributed by atoms with Gasteiger partial charge < -0.3 is 15.0 Å². The second-order valence-electron chi connectivity index (χ2n) is 8.50. The van der Waals surface area contributed by atoms with Crippen LogP contribution in [0.25, 0.3) is 0 Å². The Bertz CT molecular complexity index is 1120. The zero-order valence-corrected chi connectivity index (χ0v) is 18.5. The normalized spacial score (nSPS) is 17.2. The molecule has 2 aliphatic rings. The van der Waals surface area contributed by atoms with Crippen molar-refractivity contribution in [1.82, 2.24) is 9.80 Å². The maximum Gasteiger partial charge on any atom is 0.327 e. The van der Waals surface area contributed by atoms with Gasteiger partial charge in [0.2, 0.25) is 5.91 Å². The van der Waals surface area contributed by atoms with Crippen molar-refractivity contribution in [2.75, 3.05) is 18.9 Å². The molecule has 4 rings (SSSR count). The lowest BCUT2D eigenvalue weighted by Crippen LogP contribution is -2.49. The van der Waals surface area contributed by atoms with E-state index in [1.165, 1.54) is 4.90 Å². The van der Waals surface area contributed by atoms with Crippen molar-refractivity contribution < 1.29 is 19.1 Å². The van der Waals surface area contributed by atoms with Crippen molar-refractivity contribution in [3.63, 3.8) is 0 Å². The summed E-state index contributed by atoms with van der Waals surface area (Å²) in [6.45, 7) is -0.0477. The number of amides is 4. The molecule has 1 aliphatic heterocycles. The molecule has 1 N–H and O–H groups in total. The second-order valence-corrected chi connectivity index (χ2v) is 8.50. The molecule has 4 amide bonds. The fourth-order valence-electron chi connectivity index (χ4n) is 4.58. The molecule has 2 fully saturated rings. The number of likely N-dealkylation sites (N-methyl/N-ethyl adjacent to an activating group) is 1. The lowest BCUT2D eigenvalue weighted by molar-refractivity contribution is -0.136. The van der Waals surface area contributed by atoms with Crippen LogP contribution in [0, 0.1) is 11.3 Å². The first kappa shape index (κ1) is 22.3. The van der Waals surface area contributed by atoms with Gasteiger partial charge in [0.05, 0.1) is 11.6 Å². The van der Waals surface area contributed by atoms with Gasteiger partial charge >= 0.3 is 6.03 Å². The molecule has 0 aromatic heterocycles. The Hall–Kier alpha value is -3.86. The Morgan fingerprint density at radius 2 is 1.88 bits per heavy atom. The van der Waals surface area contributed by atoms with E-state index in [-0.39, 0.29) is 19.1 Å². The number of carbonyl (C=O) groups is 3. The van der Waals surface area contributed by atoms with E-state index in [0.717, 1.165) is 29.7 Å². The molecule has 170 valence electrons. The Morgan fingerprint density at radius 3 is 2.64 bits per heavy atom. The van der Waals surface area contributed by atoms with E-state index >= 15 is 0 Å². The number of rotatable bonds is 6. The standard InChI is InChI=1S/C25H26N4O4/c1-28-24(32)29(23(31)25(28)11-3-2-4-12-25)16-22(30)27-20-9-6-10-21(14-20)33-17-19-8-5-7-18(13-19)15-26/h5-10,13-14H,2-4,11-12,16-17H2,1H3,(H,27,30). The number of nitrogens with zero attached hydrogens (tertiary/aromatic N) is 3. The molecule has 0 atom stereocenters. The van der Waals surface area contributed by atoms with Crippen molar-refractivity contribution in [3.05, 3.63) is 59.7 Å². The molecule has 1 aliphatic carbocycles. The van der Waals surface area contributed by atoms with E-state index in [0.29, 0.717) is 29.8 Å². The van der Waals surface area contributed by atoms with E-state index < -0.39 is 17.5 Å². The summed E-state index contributed by atoms with van der Waals surface area (Å²) < 4.78 is 5.78. The molecule has 0 bridgehead atoms. The summed E-state index contributed by atoms with van der Waals surface area (Å²) in [5.41, 5.74) is 1.12. The van der Waals surface area contributed by atoms with Crippen LogP contribution in [-0.4, -0.2) is 46.8 Å². The van der Waals surface area contributed by atoms with Gasteiger partial charge in [0, 0.05) is 18.8 Å². The lowest BCUT2D eigenvalue weighted by atomic mass is 9.81. The highest BCUT2D eigenvalue weighted by atomic mass is 16.5. The van der Waals surface area contributed by atoms with E-state index in [1.54, 1.807) is 49.5 Å². The number of urea groups is 1. The van der Waals surface area contributed by atoms with Crippen molar-refractivity contribution >= 4 is 23.5 Å². The molecule has 1 saturated carbocycles. The first-order chi connectivity index (χ1) is 15.9. The highest BCUT2D eigenvalue weighted by Crippen LogP contribution is 2.39. The van der Waals surface area contributed by atoms with Gasteiger partial charge in [-0.15, -0.1) is 0 Å². The predicted octanol–water partition coefficient (Wildman–Crippen LogP) is 3.67. The van der Waals surface area contributed by atoms with Crippen LogP contribution in [0.1, 0.15) is 43.2 Å². The van der Waals surface area contributed by atoms with Crippen LogP contribution in [0.3, 0.4) is 0 Å². The quantitative estimate of drug-likeness (QED) is 0.682. The highest BCUT2D eigenvalue weighted by Gasteiger charge is 2.55. The Labute approximate surface area is 192 Å². The summed E-state index contributed by atoms with van der Waals surface area (Å²) in [7, 11) is 1.65. The third-order valence-electron chi connectivity index (χ3n) is 6.36. The van der Waals surface area contributed by atoms with Gasteiger partial charge in [0.15, 0.2) is 0 Å². The average molecular weight is 447 g/mol. The number of hydrogen-bond donors (Lipinski definition) is 1. The molecule has 8 heteroatoms. The molecule has 1 saturated heterocycles. The minimum absolute atomic E-state index is 0.276. The molecular formula is C25H26N4O4. The number of anilines is 1. The molecule has 33 heavy (non-hydrogen) atoms. The highest BCUT2D eigenvalue weighted by molar-refractivity contribution is 6.10. The van der Waals surface area contributed by atoms with Crippen LogP contribution >= 0.6 is 0 Å². The largest absolute Gasteiger partial charge is 0.489 e. The van der Waals surface area contributed by atoms with Gasteiger partial charge in [-0.2, -0.15) is 5.26 Å². The molecule has 1 spiro atoms. The number of carbonyl (C=O) groups excluding carboxylic acids is 3. The van der Waals surface area contributed by atoms with Gasteiger partial charge in [0.25, 0.3) is 5.91 Å². The zero-order valence-electron chi connectivity index (χ0n) is 18.5. The Kier molecular flexibility index (Phi) is 6.31. The van der Waals surface area contributed by atoms with Crippen LogP contribution in [0.2, 0.25) is 0 Å². The SMILES string of the molecule is CN1C(=O)N(CC(=O)Nc2cccc(OCc3cccc(C#N)c3)c2)C(=O)C12CCCCC2.